The SMILES string of the molecule is CCN(CC)CCNC(CCO)COC. The Balaban J connectivity index is 3.59. The molecule has 1 unspecified atom stereocenters. The zero-order valence-electron chi connectivity index (χ0n) is 10.3. The first-order valence-corrected chi connectivity index (χ1v) is 5.83. The maximum Gasteiger partial charge on any atom is 0.0616 e. The van der Waals surface area contributed by atoms with Gasteiger partial charge < -0.3 is 20.1 Å². The third-order valence-corrected chi connectivity index (χ3v) is 2.60. The lowest BCUT2D eigenvalue weighted by molar-refractivity contribution is 0.146. The Morgan fingerprint density at radius 1 is 1.33 bits per heavy atom. The molecule has 0 fully saturated rings. The number of likely N-dealkylation sites (N-methyl/N-ethyl adjacent to an activating group) is 1. The van der Waals surface area contributed by atoms with Gasteiger partial charge in [0.05, 0.1) is 6.61 Å². The molecule has 4 nitrogen and oxygen atoms in total. The van der Waals surface area contributed by atoms with Crippen LogP contribution in [0, 0.1) is 0 Å². The van der Waals surface area contributed by atoms with Crippen LogP contribution < -0.4 is 5.32 Å². The predicted molar refractivity (Wildman–Crippen MR) is 63.2 cm³/mol. The average Bonchev–Trinajstić information content (AvgIpc) is 2.25. The van der Waals surface area contributed by atoms with Gasteiger partial charge in [-0.15, -0.1) is 0 Å². The van der Waals surface area contributed by atoms with Gasteiger partial charge >= 0.3 is 0 Å². The zero-order valence-corrected chi connectivity index (χ0v) is 10.3. The van der Waals surface area contributed by atoms with Gasteiger partial charge in [0, 0.05) is 32.8 Å². The molecular formula is C11H26N2O2. The van der Waals surface area contributed by atoms with Crippen molar-refractivity contribution in [2.45, 2.75) is 26.3 Å². The third-order valence-electron chi connectivity index (χ3n) is 2.60. The van der Waals surface area contributed by atoms with Crippen LogP contribution in [0.5, 0.6) is 0 Å². The highest BCUT2D eigenvalue weighted by Gasteiger charge is 2.07. The van der Waals surface area contributed by atoms with E-state index in [0.717, 1.165) is 32.6 Å². The second-order valence-corrected chi connectivity index (χ2v) is 3.65. The molecule has 2 N–H and O–H groups in total. The highest BCUT2D eigenvalue weighted by Crippen LogP contribution is 1.92. The van der Waals surface area contributed by atoms with Gasteiger partial charge in [-0.3, -0.25) is 0 Å². The average molecular weight is 218 g/mol. The molecule has 1 atom stereocenters. The van der Waals surface area contributed by atoms with Crippen LogP contribution in [0.25, 0.3) is 0 Å². The minimum atomic E-state index is 0.215. The van der Waals surface area contributed by atoms with Crippen LogP contribution in [-0.4, -0.2) is 62.6 Å². The molecule has 0 bridgehead atoms. The Labute approximate surface area is 93.6 Å². The number of methoxy groups -OCH3 is 1. The van der Waals surface area contributed by atoms with Gasteiger partial charge in [-0.1, -0.05) is 13.8 Å². The molecule has 0 radical (unpaired) electrons. The second-order valence-electron chi connectivity index (χ2n) is 3.65. The molecule has 0 aliphatic rings. The van der Waals surface area contributed by atoms with Gasteiger partial charge in [-0.2, -0.15) is 0 Å². The Bertz CT molecular complexity index is 124. The summed E-state index contributed by atoms with van der Waals surface area (Å²) in [5.74, 6) is 0. The van der Waals surface area contributed by atoms with Gasteiger partial charge in [0.15, 0.2) is 0 Å². The van der Waals surface area contributed by atoms with Crippen LogP contribution in [0.1, 0.15) is 20.3 Å². The van der Waals surface area contributed by atoms with Crippen molar-refractivity contribution in [3.63, 3.8) is 0 Å². The lowest BCUT2D eigenvalue weighted by Crippen LogP contribution is -2.39. The fraction of sp³-hybridized carbons (Fsp3) is 1.00. The molecule has 0 saturated carbocycles. The Kier molecular flexibility index (Phi) is 10.3. The van der Waals surface area contributed by atoms with Crippen molar-refractivity contribution in [3.05, 3.63) is 0 Å². The number of aliphatic hydroxyl groups is 1. The van der Waals surface area contributed by atoms with E-state index in [4.69, 9.17) is 9.84 Å². The lowest BCUT2D eigenvalue weighted by Gasteiger charge is -2.21. The molecule has 0 saturated heterocycles. The monoisotopic (exact) mass is 218 g/mol. The molecular weight excluding hydrogens is 192 g/mol. The number of ether oxygens (including phenoxy) is 1. The number of hydrogen-bond acceptors (Lipinski definition) is 4. The predicted octanol–water partition coefficient (Wildman–Crippen LogP) is 0.315. The maximum absolute atomic E-state index is 8.86. The van der Waals surface area contributed by atoms with Crippen LogP contribution in [0.3, 0.4) is 0 Å². The highest BCUT2D eigenvalue weighted by atomic mass is 16.5. The number of nitrogens with zero attached hydrogens (tertiary/aromatic N) is 1. The first kappa shape index (κ1) is 14.8. The molecule has 0 rings (SSSR count). The number of aliphatic hydroxyl groups excluding tert-OH is 1. The molecule has 0 aliphatic heterocycles. The van der Waals surface area contributed by atoms with E-state index in [9.17, 15) is 0 Å². The van der Waals surface area contributed by atoms with Gasteiger partial charge in [-0.05, 0) is 19.5 Å². The number of rotatable bonds is 10. The van der Waals surface area contributed by atoms with Crippen LogP contribution in [0.4, 0.5) is 0 Å². The Morgan fingerprint density at radius 2 is 2.00 bits per heavy atom. The standard InChI is InChI=1S/C11H26N2O2/c1-4-13(5-2)8-7-12-11(6-9-14)10-15-3/h11-12,14H,4-10H2,1-3H3. The summed E-state index contributed by atoms with van der Waals surface area (Å²) in [5.41, 5.74) is 0. The van der Waals surface area contributed by atoms with Crippen LogP contribution >= 0.6 is 0 Å². The van der Waals surface area contributed by atoms with Crippen molar-refractivity contribution >= 4 is 0 Å². The van der Waals surface area contributed by atoms with E-state index in [0.29, 0.717) is 6.61 Å². The molecule has 4 heteroatoms. The quantitative estimate of drug-likeness (QED) is 0.554. The van der Waals surface area contributed by atoms with Gasteiger partial charge in [-0.25, -0.2) is 0 Å². The van der Waals surface area contributed by atoms with Crippen LogP contribution in [0.2, 0.25) is 0 Å². The van der Waals surface area contributed by atoms with Crippen molar-refractivity contribution in [1.82, 2.24) is 10.2 Å². The highest BCUT2D eigenvalue weighted by molar-refractivity contribution is 4.66. The smallest absolute Gasteiger partial charge is 0.0616 e. The third kappa shape index (κ3) is 7.73. The van der Waals surface area contributed by atoms with E-state index in [-0.39, 0.29) is 12.6 Å². The van der Waals surface area contributed by atoms with Crippen molar-refractivity contribution < 1.29 is 9.84 Å². The summed E-state index contributed by atoms with van der Waals surface area (Å²) in [6.45, 7) is 9.41. The molecule has 0 amide bonds. The number of nitrogens with one attached hydrogen (secondary N) is 1. The van der Waals surface area contributed by atoms with Gasteiger partial charge in [0.25, 0.3) is 0 Å². The summed E-state index contributed by atoms with van der Waals surface area (Å²) in [7, 11) is 1.69. The molecule has 0 spiro atoms. The summed E-state index contributed by atoms with van der Waals surface area (Å²) in [6.07, 6.45) is 0.756. The van der Waals surface area contributed by atoms with Crippen molar-refractivity contribution in [2.24, 2.45) is 0 Å². The minimum absolute atomic E-state index is 0.215. The fourth-order valence-electron chi connectivity index (χ4n) is 1.57. The maximum atomic E-state index is 8.86. The van der Waals surface area contributed by atoms with Crippen molar-refractivity contribution in [1.29, 1.82) is 0 Å². The first-order chi connectivity index (χ1) is 7.28. The first-order valence-electron chi connectivity index (χ1n) is 5.83. The molecule has 0 aliphatic carbocycles. The van der Waals surface area contributed by atoms with E-state index in [1.807, 2.05) is 0 Å². The molecule has 0 heterocycles. The summed E-state index contributed by atoms with van der Waals surface area (Å²) in [4.78, 5) is 2.37. The minimum Gasteiger partial charge on any atom is -0.396 e. The molecule has 0 aromatic carbocycles. The van der Waals surface area contributed by atoms with Gasteiger partial charge in [0.2, 0.25) is 0 Å². The van der Waals surface area contributed by atoms with Crippen molar-refractivity contribution in [2.75, 3.05) is 46.5 Å². The van der Waals surface area contributed by atoms with Crippen LogP contribution in [-0.2, 0) is 4.74 Å². The summed E-state index contributed by atoms with van der Waals surface area (Å²) >= 11 is 0. The van der Waals surface area contributed by atoms with E-state index in [1.54, 1.807) is 7.11 Å². The summed E-state index contributed by atoms with van der Waals surface area (Å²) in [5, 5.41) is 12.3. The second kappa shape index (κ2) is 10.4. The molecule has 92 valence electrons. The molecule has 15 heavy (non-hydrogen) atoms. The zero-order chi connectivity index (χ0) is 11.5. The van der Waals surface area contributed by atoms with Gasteiger partial charge in [0.1, 0.15) is 0 Å². The summed E-state index contributed by atoms with van der Waals surface area (Å²) in [6, 6.07) is 0.274. The number of hydrogen-bond donors (Lipinski definition) is 2. The lowest BCUT2D eigenvalue weighted by atomic mass is 10.2. The molecule has 0 aromatic rings. The van der Waals surface area contributed by atoms with E-state index >= 15 is 0 Å². The fourth-order valence-corrected chi connectivity index (χ4v) is 1.57. The Hall–Kier alpha value is -0.160. The van der Waals surface area contributed by atoms with Crippen molar-refractivity contribution in [3.8, 4) is 0 Å². The van der Waals surface area contributed by atoms with E-state index in [1.165, 1.54) is 0 Å². The summed E-state index contributed by atoms with van der Waals surface area (Å²) < 4.78 is 5.08. The van der Waals surface area contributed by atoms with Crippen LogP contribution in [0.15, 0.2) is 0 Å². The Morgan fingerprint density at radius 3 is 2.47 bits per heavy atom. The van der Waals surface area contributed by atoms with E-state index < -0.39 is 0 Å². The molecule has 0 aromatic heterocycles. The van der Waals surface area contributed by atoms with E-state index in [2.05, 4.69) is 24.1 Å². The largest absolute Gasteiger partial charge is 0.396 e. The topological polar surface area (TPSA) is 44.7 Å². The normalized spacial score (nSPS) is 13.4.